The van der Waals surface area contributed by atoms with E-state index >= 15 is 0 Å². The third-order valence-electron chi connectivity index (χ3n) is 6.80. The Morgan fingerprint density at radius 3 is 2.69 bits per heavy atom. The largest absolute Gasteiger partial charge is 0.467 e. The summed E-state index contributed by atoms with van der Waals surface area (Å²) < 4.78 is 35.9. The second kappa shape index (κ2) is 9.37. The van der Waals surface area contributed by atoms with Crippen molar-refractivity contribution >= 4 is 21.6 Å². The first-order valence-corrected chi connectivity index (χ1v) is 13.5. The number of fused-ring (bicyclic) bond motifs is 1. The van der Waals surface area contributed by atoms with Crippen LogP contribution in [0.3, 0.4) is 0 Å². The second-order valence-electron chi connectivity index (χ2n) is 9.11. The lowest BCUT2D eigenvalue weighted by molar-refractivity contribution is -0.131. The lowest BCUT2D eigenvalue weighted by Crippen LogP contribution is -2.34. The van der Waals surface area contributed by atoms with E-state index in [1.807, 2.05) is 36.4 Å². The number of anilines is 1. The first kappa shape index (κ1) is 23.4. The molecule has 0 radical (unpaired) electrons. The van der Waals surface area contributed by atoms with E-state index in [4.69, 9.17) is 4.42 Å². The van der Waals surface area contributed by atoms with Gasteiger partial charge in [0.25, 0.3) is 10.0 Å². The number of carbonyl (C=O) groups is 1. The summed E-state index contributed by atoms with van der Waals surface area (Å²) in [5.74, 6) is 0.560. The van der Waals surface area contributed by atoms with Crippen LogP contribution < -0.4 is 4.31 Å². The molecule has 0 fully saturated rings. The van der Waals surface area contributed by atoms with Crippen LogP contribution in [-0.4, -0.2) is 35.6 Å². The monoisotopic (exact) mass is 494 g/mol. The Balaban J connectivity index is 1.43. The van der Waals surface area contributed by atoms with Gasteiger partial charge in [-0.05, 0) is 69.7 Å². The van der Waals surface area contributed by atoms with Crippen LogP contribution in [0.1, 0.15) is 48.4 Å². The standard InChI is InChI=1S/C26H30N4O4S/c1-19-26(35(32,33)30-15-14-21-9-6-7-13-24(21)30)20(2)29(27-19)18-25(31)28(17-23-12-8-16-34-23)22-10-4-3-5-11-22/h6-10,12-13,16H,3-5,11,14-15,17-18H2,1-2H3. The lowest BCUT2D eigenvalue weighted by Gasteiger charge is -2.27. The van der Waals surface area contributed by atoms with Gasteiger partial charge < -0.3 is 9.32 Å². The van der Waals surface area contributed by atoms with Crippen molar-refractivity contribution in [2.24, 2.45) is 0 Å². The van der Waals surface area contributed by atoms with Gasteiger partial charge in [0.05, 0.1) is 29.9 Å². The summed E-state index contributed by atoms with van der Waals surface area (Å²) in [6.45, 7) is 4.10. The van der Waals surface area contributed by atoms with Crippen LogP contribution in [0.4, 0.5) is 5.69 Å². The van der Waals surface area contributed by atoms with Crippen molar-refractivity contribution in [3.8, 4) is 0 Å². The van der Waals surface area contributed by atoms with Crippen LogP contribution in [0.5, 0.6) is 0 Å². The molecular weight excluding hydrogens is 464 g/mol. The molecule has 0 saturated heterocycles. The number of allylic oxidation sites excluding steroid dienone is 2. The fourth-order valence-corrected chi connectivity index (χ4v) is 6.95. The van der Waals surface area contributed by atoms with Gasteiger partial charge in [-0.25, -0.2) is 8.42 Å². The molecule has 1 aliphatic heterocycles. The highest BCUT2D eigenvalue weighted by molar-refractivity contribution is 7.93. The highest BCUT2D eigenvalue weighted by atomic mass is 32.2. The second-order valence-corrected chi connectivity index (χ2v) is 10.9. The molecule has 3 aromatic rings. The Kier molecular flexibility index (Phi) is 6.27. The van der Waals surface area contributed by atoms with E-state index in [2.05, 4.69) is 11.2 Å². The van der Waals surface area contributed by atoms with E-state index in [9.17, 15) is 13.2 Å². The van der Waals surface area contributed by atoms with E-state index in [-0.39, 0.29) is 17.3 Å². The molecule has 2 aliphatic rings. The number of aromatic nitrogens is 2. The van der Waals surface area contributed by atoms with Gasteiger partial charge in [-0.1, -0.05) is 24.3 Å². The van der Waals surface area contributed by atoms with Crippen LogP contribution in [0.2, 0.25) is 0 Å². The van der Waals surface area contributed by atoms with E-state index < -0.39 is 10.0 Å². The van der Waals surface area contributed by atoms with Crippen LogP contribution >= 0.6 is 0 Å². The molecule has 35 heavy (non-hydrogen) atoms. The number of hydrogen-bond acceptors (Lipinski definition) is 5. The van der Waals surface area contributed by atoms with Gasteiger partial charge in [-0.2, -0.15) is 5.10 Å². The van der Waals surface area contributed by atoms with Crippen molar-refractivity contribution < 1.29 is 17.6 Å². The molecule has 0 atom stereocenters. The summed E-state index contributed by atoms with van der Waals surface area (Å²) in [6, 6.07) is 11.2. The summed E-state index contributed by atoms with van der Waals surface area (Å²) in [7, 11) is -3.81. The molecule has 0 N–H and O–H groups in total. The Bertz CT molecular complexity index is 1370. The van der Waals surface area contributed by atoms with Crippen LogP contribution in [0, 0.1) is 13.8 Å². The average Bonchev–Trinajstić information content (AvgIpc) is 3.58. The van der Waals surface area contributed by atoms with Gasteiger partial charge >= 0.3 is 0 Å². The van der Waals surface area contributed by atoms with E-state index in [1.165, 1.54) is 8.99 Å². The molecule has 0 unspecified atom stereocenters. The van der Waals surface area contributed by atoms with Gasteiger partial charge in [-0.3, -0.25) is 13.8 Å². The molecule has 3 heterocycles. The number of sulfonamides is 1. The highest BCUT2D eigenvalue weighted by Crippen LogP contribution is 2.34. The predicted octanol–water partition coefficient (Wildman–Crippen LogP) is 4.33. The normalized spacial score (nSPS) is 15.7. The molecule has 184 valence electrons. The van der Waals surface area contributed by atoms with Gasteiger partial charge in [0.1, 0.15) is 17.2 Å². The van der Waals surface area contributed by atoms with Crippen molar-refractivity contribution in [1.82, 2.24) is 14.7 Å². The number of amides is 1. The lowest BCUT2D eigenvalue weighted by atomic mass is 10.0. The number of aryl methyl sites for hydroxylation is 1. The summed E-state index contributed by atoms with van der Waals surface area (Å²) in [6.07, 6.45) is 8.32. The Morgan fingerprint density at radius 2 is 1.94 bits per heavy atom. The number of carbonyl (C=O) groups excluding carboxylic acids is 1. The third kappa shape index (κ3) is 4.40. The molecule has 5 rings (SSSR count). The van der Waals surface area contributed by atoms with Crippen LogP contribution in [0.15, 0.2) is 63.7 Å². The summed E-state index contributed by atoms with van der Waals surface area (Å²) >= 11 is 0. The van der Waals surface area contributed by atoms with Gasteiger partial charge in [0.15, 0.2) is 0 Å². The number of hydrogen-bond donors (Lipinski definition) is 0. The fraction of sp³-hybridized carbons (Fsp3) is 0.385. The SMILES string of the molecule is Cc1nn(CC(=O)N(Cc2ccco2)C2=CCCCC2)c(C)c1S(=O)(=O)N1CCc2ccccc21. The Hall–Kier alpha value is -3.33. The molecule has 2 aromatic heterocycles. The van der Waals surface area contributed by atoms with Crippen molar-refractivity contribution in [1.29, 1.82) is 0 Å². The van der Waals surface area contributed by atoms with Crippen LogP contribution in [0.25, 0.3) is 0 Å². The summed E-state index contributed by atoms with van der Waals surface area (Å²) in [5, 5.41) is 4.49. The zero-order chi connectivity index (χ0) is 24.6. The zero-order valence-corrected chi connectivity index (χ0v) is 20.9. The number of benzene rings is 1. The smallest absolute Gasteiger partial charge is 0.268 e. The van der Waals surface area contributed by atoms with Gasteiger partial charge in [-0.15, -0.1) is 0 Å². The van der Waals surface area contributed by atoms with Gasteiger partial charge in [0, 0.05) is 12.2 Å². The molecule has 8 nitrogen and oxygen atoms in total. The van der Waals surface area contributed by atoms with Gasteiger partial charge in [0.2, 0.25) is 5.91 Å². The molecular formula is C26H30N4O4S. The minimum atomic E-state index is -3.81. The van der Waals surface area contributed by atoms with E-state index in [0.717, 1.165) is 36.9 Å². The van der Waals surface area contributed by atoms with Crippen molar-refractivity contribution in [3.63, 3.8) is 0 Å². The van der Waals surface area contributed by atoms with E-state index in [1.54, 1.807) is 25.0 Å². The molecule has 9 heteroatoms. The Morgan fingerprint density at radius 1 is 1.11 bits per heavy atom. The van der Waals surface area contributed by atoms with E-state index in [0.29, 0.717) is 42.3 Å². The fourth-order valence-electron chi connectivity index (χ4n) is 5.06. The third-order valence-corrected chi connectivity index (χ3v) is 8.87. The topological polar surface area (TPSA) is 88.6 Å². The molecule has 0 saturated carbocycles. The zero-order valence-electron chi connectivity index (χ0n) is 20.1. The maximum absolute atomic E-state index is 13.7. The minimum Gasteiger partial charge on any atom is -0.467 e. The summed E-state index contributed by atoms with van der Waals surface area (Å²) in [5.41, 5.74) is 3.58. The maximum Gasteiger partial charge on any atom is 0.268 e. The number of nitrogens with zero attached hydrogens (tertiary/aromatic N) is 4. The molecule has 1 amide bonds. The first-order chi connectivity index (χ1) is 16.9. The minimum absolute atomic E-state index is 0.0448. The summed E-state index contributed by atoms with van der Waals surface area (Å²) in [4.78, 5) is 15.4. The van der Waals surface area contributed by atoms with Crippen molar-refractivity contribution in [2.45, 2.75) is 63.9 Å². The number of rotatable bonds is 7. The average molecular weight is 495 g/mol. The number of furan rings is 1. The predicted molar refractivity (Wildman–Crippen MR) is 132 cm³/mol. The molecule has 0 bridgehead atoms. The molecule has 0 spiro atoms. The number of para-hydroxylation sites is 1. The highest BCUT2D eigenvalue weighted by Gasteiger charge is 2.35. The Labute approximate surface area is 205 Å². The molecule has 1 aliphatic carbocycles. The van der Waals surface area contributed by atoms with Crippen molar-refractivity contribution in [3.05, 3.63) is 77.1 Å². The molecule has 1 aromatic carbocycles. The van der Waals surface area contributed by atoms with Crippen molar-refractivity contribution in [2.75, 3.05) is 10.8 Å². The maximum atomic E-state index is 13.7. The quantitative estimate of drug-likeness (QED) is 0.488. The van der Waals surface area contributed by atoms with Crippen LogP contribution in [-0.2, 0) is 34.3 Å². The first-order valence-electron chi connectivity index (χ1n) is 12.0.